The monoisotopic (exact) mass is 464 g/mol. The lowest BCUT2D eigenvalue weighted by Crippen LogP contribution is -2.43. The van der Waals surface area contributed by atoms with Crippen LogP contribution in [0.4, 0.5) is 0 Å². The third-order valence-corrected chi connectivity index (χ3v) is 6.92. The Morgan fingerprint density at radius 2 is 1.50 bits per heavy atom. The smallest absolute Gasteiger partial charge is 0.203 e. The molecule has 7 heteroatoms. The number of piperidine rings is 1. The third kappa shape index (κ3) is 4.09. The van der Waals surface area contributed by atoms with Crippen LogP contribution in [0.15, 0.2) is 36.0 Å². The average molecular weight is 465 g/mol. The van der Waals surface area contributed by atoms with E-state index in [1.54, 1.807) is 35.5 Å². The summed E-state index contributed by atoms with van der Waals surface area (Å²) in [7, 11) is 8.07. The zero-order valence-corrected chi connectivity index (χ0v) is 20.5. The number of hydrogen-bond acceptors (Lipinski definition) is 7. The van der Waals surface area contributed by atoms with Gasteiger partial charge in [-0.2, -0.15) is 5.26 Å². The van der Waals surface area contributed by atoms with Gasteiger partial charge in [0.2, 0.25) is 5.75 Å². The fourth-order valence-corrected chi connectivity index (χ4v) is 5.32. The van der Waals surface area contributed by atoms with E-state index in [1.807, 2.05) is 24.3 Å². The lowest BCUT2D eigenvalue weighted by Gasteiger charge is -2.44. The Morgan fingerprint density at radius 3 is 2.09 bits per heavy atom. The molecule has 1 fully saturated rings. The van der Waals surface area contributed by atoms with E-state index in [0.717, 1.165) is 42.5 Å². The molecule has 34 heavy (non-hydrogen) atoms. The number of nitrogens with zero attached hydrogens (tertiary/aromatic N) is 2. The Labute approximate surface area is 201 Å². The molecule has 2 unspecified atom stereocenters. The first kappa shape index (κ1) is 23.6. The molecular formula is C27H32N2O5. The topological polar surface area (TPSA) is 73.2 Å². The molecule has 0 saturated carbocycles. The van der Waals surface area contributed by atoms with Crippen LogP contribution in [0.2, 0.25) is 0 Å². The summed E-state index contributed by atoms with van der Waals surface area (Å²) in [5, 5.41) is 10.4. The molecule has 4 rings (SSSR count). The van der Waals surface area contributed by atoms with Crippen molar-refractivity contribution in [1.29, 1.82) is 5.26 Å². The van der Waals surface area contributed by atoms with E-state index < -0.39 is 0 Å². The lowest BCUT2D eigenvalue weighted by molar-refractivity contribution is 0.177. The van der Waals surface area contributed by atoms with Crippen molar-refractivity contribution in [3.05, 3.63) is 47.2 Å². The summed E-state index contributed by atoms with van der Waals surface area (Å²) < 4.78 is 27.9. The van der Waals surface area contributed by atoms with Gasteiger partial charge in [-0.15, -0.1) is 0 Å². The lowest BCUT2D eigenvalue weighted by atomic mass is 9.76. The van der Waals surface area contributed by atoms with Crippen molar-refractivity contribution in [2.24, 2.45) is 0 Å². The van der Waals surface area contributed by atoms with Crippen LogP contribution in [0.5, 0.6) is 28.7 Å². The highest BCUT2D eigenvalue weighted by Gasteiger charge is 2.38. The van der Waals surface area contributed by atoms with Crippen LogP contribution < -0.4 is 23.7 Å². The summed E-state index contributed by atoms with van der Waals surface area (Å²) in [6.45, 7) is 0.889. The maximum absolute atomic E-state index is 10.4. The van der Waals surface area contributed by atoms with Gasteiger partial charge in [-0.05, 0) is 61.1 Å². The molecule has 0 N–H and O–H groups in total. The molecule has 0 amide bonds. The van der Waals surface area contributed by atoms with Crippen LogP contribution in [0, 0.1) is 11.3 Å². The Morgan fingerprint density at radius 1 is 0.824 bits per heavy atom. The number of benzene rings is 2. The van der Waals surface area contributed by atoms with Gasteiger partial charge in [0.1, 0.15) is 11.8 Å². The van der Waals surface area contributed by atoms with Gasteiger partial charge in [0.15, 0.2) is 23.0 Å². The van der Waals surface area contributed by atoms with Gasteiger partial charge in [-0.3, -0.25) is 0 Å². The summed E-state index contributed by atoms with van der Waals surface area (Å²) in [6, 6.07) is 12.8. The number of hydrogen-bond donors (Lipinski definition) is 0. The standard InChI is InChI=1S/C27H32N2O5/c1-30-22-10-9-17(12-23(22)31-2)20-15-19-8-6-7-11-29(19)21(16-28)26(20)18-13-24(32-3)27(34-5)25(14-18)33-4/h9-10,12-14,19-20H,6-8,11,15H2,1-5H3. The first-order chi connectivity index (χ1) is 16.6. The van der Waals surface area contributed by atoms with Gasteiger partial charge in [-0.25, -0.2) is 0 Å². The largest absolute Gasteiger partial charge is 0.493 e. The van der Waals surface area contributed by atoms with Crippen molar-refractivity contribution < 1.29 is 23.7 Å². The van der Waals surface area contributed by atoms with Gasteiger partial charge in [0.25, 0.3) is 0 Å². The van der Waals surface area contributed by atoms with Crippen molar-refractivity contribution in [3.63, 3.8) is 0 Å². The highest BCUT2D eigenvalue weighted by Crippen LogP contribution is 2.50. The Balaban J connectivity index is 1.95. The molecule has 0 aromatic heterocycles. The van der Waals surface area contributed by atoms with Gasteiger partial charge >= 0.3 is 0 Å². The molecule has 0 bridgehead atoms. The molecule has 0 radical (unpaired) electrons. The van der Waals surface area contributed by atoms with Crippen LogP contribution >= 0.6 is 0 Å². The summed E-state index contributed by atoms with van der Waals surface area (Å²) in [4.78, 5) is 2.29. The molecule has 180 valence electrons. The van der Waals surface area contributed by atoms with Crippen molar-refractivity contribution >= 4 is 5.57 Å². The van der Waals surface area contributed by atoms with Crippen LogP contribution in [0.3, 0.4) is 0 Å². The normalized spacial score (nSPS) is 19.7. The average Bonchev–Trinajstić information content (AvgIpc) is 2.90. The minimum Gasteiger partial charge on any atom is -0.493 e. The predicted octanol–water partition coefficient (Wildman–Crippen LogP) is 5.01. The molecule has 0 spiro atoms. The minimum atomic E-state index is -0.00314. The van der Waals surface area contributed by atoms with Crippen molar-refractivity contribution in [1.82, 2.24) is 4.90 Å². The molecule has 0 aliphatic carbocycles. The van der Waals surface area contributed by atoms with Gasteiger partial charge < -0.3 is 28.6 Å². The highest BCUT2D eigenvalue weighted by atomic mass is 16.5. The number of fused-ring (bicyclic) bond motifs is 1. The summed E-state index contributed by atoms with van der Waals surface area (Å²) >= 11 is 0. The number of nitriles is 1. The second-order valence-electron chi connectivity index (χ2n) is 8.53. The second-order valence-corrected chi connectivity index (χ2v) is 8.53. The molecule has 2 aromatic carbocycles. The molecular weight excluding hydrogens is 432 g/mol. The van der Waals surface area contributed by atoms with Gasteiger partial charge in [-0.1, -0.05) is 6.07 Å². The number of rotatable bonds is 7. The van der Waals surface area contributed by atoms with E-state index in [9.17, 15) is 5.26 Å². The molecule has 1 saturated heterocycles. The van der Waals surface area contributed by atoms with Crippen molar-refractivity contribution in [2.45, 2.75) is 37.6 Å². The maximum Gasteiger partial charge on any atom is 0.203 e. The quantitative estimate of drug-likeness (QED) is 0.570. The molecule has 2 heterocycles. The van der Waals surface area contributed by atoms with E-state index in [4.69, 9.17) is 23.7 Å². The molecule has 7 nitrogen and oxygen atoms in total. The summed E-state index contributed by atoms with van der Waals surface area (Å²) in [5.41, 5.74) is 3.64. The maximum atomic E-state index is 10.4. The number of ether oxygens (including phenoxy) is 5. The summed E-state index contributed by atoms with van der Waals surface area (Å²) in [6.07, 6.45) is 4.26. The van der Waals surface area contributed by atoms with Crippen molar-refractivity contribution in [3.8, 4) is 34.8 Å². The minimum absolute atomic E-state index is 0.00314. The zero-order chi connectivity index (χ0) is 24.2. The zero-order valence-electron chi connectivity index (χ0n) is 20.5. The molecule has 2 aliphatic heterocycles. The van der Waals surface area contributed by atoms with Crippen LogP contribution in [-0.2, 0) is 0 Å². The number of methoxy groups -OCH3 is 5. The predicted molar refractivity (Wildman–Crippen MR) is 130 cm³/mol. The van der Waals surface area contributed by atoms with Crippen LogP contribution in [0.25, 0.3) is 5.57 Å². The number of allylic oxidation sites excluding steroid dienone is 2. The second kappa shape index (κ2) is 10.2. The van der Waals surface area contributed by atoms with E-state index >= 15 is 0 Å². The van der Waals surface area contributed by atoms with E-state index in [1.165, 1.54) is 6.42 Å². The van der Waals surface area contributed by atoms with Gasteiger partial charge in [0.05, 0.1) is 35.5 Å². The Bertz CT molecular complexity index is 1100. The first-order valence-corrected chi connectivity index (χ1v) is 11.5. The van der Waals surface area contributed by atoms with E-state index in [-0.39, 0.29) is 5.92 Å². The molecule has 2 aliphatic rings. The molecule has 2 aromatic rings. The first-order valence-electron chi connectivity index (χ1n) is 11.5. The fourth-order valence-electron chi connectivity index (χ4n) is 5.32. The third-order valence-electron chi connectivity index (χ3n) is 6.92. The van der Waals surface area contributed by atoms with E-state index in [2.05, 4.69) is 17.0 Å². The summed E-state index contributed by atoms with van der Waals surface area (Å²) in [5.74, 6) is 3.01. The Hall–Kier alpha value is -3.53. The van der Waals surface area contributed by atoms with Crippen LogP contribution in [0.1, 0.15) is 42.7 Å². The van der Waals surface area contributed by atoms with Crippen LogP contribution in [-0.4, -0.2) is 53.0 Å². The molecule has 2 atom stereocenters. The van der Waals surface area contributed by atoms with E-state index in [0.29, 0.717) is 40.5 Å². The van der Waals surface area contributed by atoms with Crippen molar-refractivity contribution in [2.75, 3.05) is 42.1 Å². The fraction of sp³-hybridized carbons (Fsp3) is 0.444. The van der Waals surface area contributed by atoms with Gasteiger partial charge in [0, 0.05) is 24.1 Å². The Kier molecular flexibility index (Phi) is 7.06. The SMILES string of the molecule is COc1ccc(C2CC3CCCCN3C(C#N)=C2c2cc(OC)c(OC)c(OC)c2)cc1OC. The highest BCUT2D eigenvalue weighted by molar-refractivity contribution is 5.80.